The summed E-state index contributed by atoms with van der Waals surface area (Å²) in [5, 5.41) is 0.244. The van der Waals surface area contributed by atoms with Crippen LogP contribution in [0.15, 0.2) is 33.7 Å². The highest BCUT2D eigenvalue weighted by molar-refractivity contribution is 5.99. The highest BCUT2D eigenvalue weighted by Crippen LogP contribution is 2.51. The van der Waals surface area contributed by atoms with Crippen molar-refractivity contribution in [2.75, 3.05) is 28.1 Å². The molecule has 8 nitrogen and oxygen atoms in total. The number of ether oxygens (including phenoxy) is 6. The van der Waals surface area contributed by atoms with Gasteiger partial charge in [-0.3, -0.25) is 4.79 Å². The van der Waals surface area contributed by atoms with E-state index in [0.29, 0.717) is 45.5 Å². The van der Waals surface area contributed by atoms with Crippen molar-refractivity contribution in [3.63, 3.8) is 0 Å². The summed E-state index contributed by atoms with van der Waals surface area (Å²) in [5.41, 5.74) is 0.891. The van der Waals surface area contributed by atoms with Gasteiger partial charge in [-0.15, -0.1) is 0 Å². The molecule has 0 unspecified atom stereocenters. The number of fused-ring (bicyclic) bond motifs is 4. The minimum absolute atomic E-state index is 0.0846. The largest absolute Gasteiger partial charge is 0.492 e. The first-order chi connectivity index (χ1) is 15.4. The lowest BCUT2D eigenvalue weighted by atomic mass is 9.97. The molecule has 32 heavy (non-hydrogen) atoms. The molecule has 0 atom stereocenters. The van der Waals surface area contributed by atoms with Crippen molar-refractivity contribution < 1.29 is 32.8 Å². The van der Waals surface area contributed by atoms with E-state index in [9.17, 15) is 4.79 Å². The zero-order valence-corrected chi connectivity index (χ0v) is 18.4. The van der Waals surface area contributed by atoms with Gasteiger partial charge in [0.1, 0.15) is 17.3 Å². The van der Waals surface area contributed by atoms with Crippen LogP contribution in [0.5, 0.6) is 34.5 Å². The Bertz CT molecular complexity index is 1330. The zero-order chi connectivity index (χ0) is 22.6. The molecule has 0 bridgehead atoms. The van der Waals surface area contributed by atoms with Crippen LogP contribution in [0.25, 0.3) is 28.2 Å². The van der Waals surface area contributed by atoms with Crippen molar-refractivity contribution in [2.24, 2.45) is 0 Å². The third kappa shape index (κ3) is 2.79. The Labute approximate surface area is 183 Å². The summed E-state index contributed by atoms with van der Waals surface area (Å²) in [4.78, 5) is 13.8. The maximum Gasteiger partial charge on any atom is 0.231 e. The van der Waals surface area contributed by atoms with E-state index in [2.05, 4.69) is 0 Å². The molecule has 2 aromatic carbocycles. The number of benzene rings is 2. The topological polar surface area (TPSA) is 85.6 Å². The van der Waals surface area contributed by atoms with E-state index in [1.807, 2.05) is 26.0 Å². The molecule has 0 aliphatic carbocycles. The average Bonchev–Trinajstić information content (AvgIpc) is 3.26. The van der Waals surface area contributed by atoms with Crippen molar-refractivity contribution >= 4 is 17.0 Å². The second-order valence-corrected chi connectivity index (χ2v) is 7.91. The van der Waals surface area contributed by atoms with E-state index in [-0.39, 0.29) is 28.9 Å². The summed E-state index contributed by atoms with van der Waals surface area (Å²) in [6.45, 7) is 3.93. The Morgan fingerprint density at radius 1 is 0.906 bits per heavy atom. The molecular formula is C24H22O8. The molecule has 0 radical (unpaired) electrons. The fourth-order valence-electron chi connectivity index (χ4n) is 4.08. The Morgan fingerprint density at radius 2 is 1.66 bits per heavy atom. The van der Waals surface area contributed by atoms with Crippen LogP contribution in [0.3, 0.4) is 0 Å². The maximum absolute atomic E-state index is 13.8. The number of hydrogen-bond acceptors (Lipinski definition) is 8. The minimum atomic E-state index is -0.556. The van der Waals surface area contributed by atoms with Crippen LogP contribution in [0, 0.1) is 0 Å². The van der Waals surface area contributed by atoms with Gasteiger partial charge in [0.15, 0.2) is 28.6 Å². The van der Waals surface area contributed by atoms with Gasteiger partial charge in [-0.1, -0.05) is 0 Å². The van der Waals surface area contributed by atoms with Gasteiger partial charge >= 0.3 is 0 Å². The summed E-state index contributed by atoms with van der Waals surface area (Å²) < 4.78 is 39.9. The molecule has 0 spiro atoms. The number of methoxy groups -OCH3 is 3. The molecule has 0 saturated carbocycles. The summed E-state index contributed by atoms with van der Waals surface area (Å²) in [5.74, 6) is 2.41. The van der Waals surface area contributed by atoms with Crippen LogP contribution in [-0.4, -0.2) is 33.7 Å². The Hall–Kier alpha value is -3.81. The van der Waals surface area contributed by atoms with Crippen molar-refractivity contribution in [2.45, 2.75) is 19.4 Å². The van der Waals surface area contributed by atoms with Crippen LogP contribution in [-0.2, 0) is 0 Å². The fraction of sp³-hybridized carbons (Fsp3) is 0.292. The van der Waals surface area contributed by atoms with E-state index in [1.165, 1.54) is 27.6 Å². The standard InChI is InChI=1S/C24H22O8/c1-24(2)9-8-13-18-16(22(27-4)23(28-5)20(13)32-24)17(25)14(10-29-18)12-6-7-15-21(19(12)26-3)31-11-30-15/h6-10H,11H2,1-5H3. The highest BCUT2D eigenvalue weighted by Gasteiger charge is 2.33. The van der Waals surface area contributed by atoms with Gasteiger partial charge in [-0.2, -0.15) is 0 Å². The van der Waals surface area contributed by atoms with Gasteiger partial charge in [0.25, 0.3) is 0 Å². The lowest BCUT2D eigenvalue weighted by molar-refractivity contribution is 0.151. The first-order valence-electron chi connectivity index (χ1n) is 9.98. The third-order valence-corrected chi connectivity index (χ3v) is 5.53. The minimum Gasteiger partial charge on any atom is -0.492 e. The molecule has 0 amide bonds. The van der Waals surface area contributed by atoms with Crippen molar-refractivity contribution in [3.05, 3.63) is 40.3 Å². The Balaban J connectivity index is 1.84. The lowest BCUT2D eigenvalue weighted by Crippen LogP contribution is -2.28. The molecule has 5 rings (SSSR count). The monoisotopic (exact) mass is 438 g/mol. The zero-order valence-electron chi connectivity index (χ0n) is 18.4. The molecule has 0 N–H and O–H groups in total. The van der Waals surface area contributed by atoms with Gasteiger partial charge < -0.3 is 32.8 Å². The maximum atomic E-state index is 13.8. The Morgan fingerprint density at radius 3 is 2.38 bits per heavy atom. The van der Waals surface area contributed by atoms with E-state index in [1.54, 1.807) is 12.1 Å². The SMILES string of the molecule is COc1c(-c2coc3c4c(c(OC)c(OC)c3c2=O)OC(C)(C)C=C4)ccc2c1OCO2. The second-order valence-electron chi connectivity index (χ2n) is 7.91. The quantitative estimate of drug-likeness (QED) is 0.593. The Kier molecular flexibility index (Phi) is 4.47. The van der Waals surface area contributed by atoms with E-state index in [4.69, 9.17) is 32.8 Å². The molecule has 3 heterocycles. The highest BCUT2D eigenvalue weighted by atomic mass is 16.7. The summed E-state index contributed by atoms with van der Waals surface area (Å²) in [6, 6.07) is 3.46. The average molecular weight is 438 g/mol. The van der Waals surface area contributed by atoms with Crippen LogP contribution < -0.4 is 33.8 Å². The van der Waals surface area contributed by atoms with Crippen LogP contribution in [0.2, 0.25) is 0 Å². The summed E-state index contributed by atoms with van der Waals surface area (Å²) in [6.07, 6.45) is 5.17. The van der Waals surface area contributed by atoms with Crippen LogP contribution >= 0.6 is 0 Å². The van der Waals surface area contributed by atoms with Crippen molar-refractivity contribution in [1.82, 2.24) is 0 Å². The molecule has 1 aromatic heterocycles. The van der Waals surface area contributed by atoms with Crippen LogP contribution in [0.1, 0.15) is 19.4 Å². The molecule has 2 aliphatic heterocycles. The van der Waals surface area contributed by atoms with E-state index in [0.717, 1.165) is 0 Å². The molecule has 166 valence electrons. The lowest BCUT2D eigenvalue weighted by Gasteiger charge is -2.30. The van der Waals surface area contributed by atoms with E-state index >= 15 is 0 Å². The smallest absolute Gasteiger partial charge is 0.231 e. The van der Waals surface area contributed by atoms with Gasteiger partial charge in [-0.05, 0) is 38.1 Å². The fourth-order valence-corrected chi connectivity index (χ4v) is 4.08. The number of hydrogen-bond donors (Lipinski definition) is 0. The normalized spacial score (nSPS) is 15.3. The van der Waals surface area contributed by atoms with Crippen molar-refractivity contribution in [1.29, 1.82) is 0 Å². The second kappa shape index (κ2) is 7.12. The molecule has 0 saturated heterocycles. The summed E-state index contributed by atoms with van der Waals surface area (Å²) >= 11 is 0. The molecule has 8 heteroatoms. The van der Waals surface area contributed by atoms with Gasteiger partial charge in [0.2, 0.25) is 23.7 Å². The number of rotatable bonds is 4. The molecule has 0 fully saturated rings. The van der Waals surface area contributed by atoms with Gasteiger partial charge in [0, 0.05) is 5.56 Å². The molecular weight excluding hydrogens is 416 g/mol. The van der Waals surface area contributed by atoms with Gasteiger partial charge in [-0.25, -0.2) is 0 Å². The van der Waals surface area contributed by atoms with Crippen LogP contribution in [0.4, 0.5) is 0 Å². The molecule has 2 aliphatic rings. The molecule has 3 aromatic rings. The third-order valence-electron chi connectivity index (χ3n) is 5.53. The predicted octanol–water partition coefficient (Wildman–Crippen LogP) is 4.40. The van der Waals surface area contributed by atoms with Crippen molar-refractivity contribution in [3.8, 4) is 45.6 Å². The summed E-state index contributed by atoms with van der Waals surface area (Å²) in [7, 11) is 4.49. The first kappa shape index (κ1) is 20.1. The van der Waals surface area contributed by atoms with Gasteiger partial charge in [0.05, 0.1) is 32.5 Å². The van der Waals surface area contributed by atoms with E-state index < -0.39 is 5.60 Å². The first-order valence-corrected chi connectivity index (χ1v) is 9.98. The predicted molar refractivity (Wildman–Crippen MR) is 117 cm³/mol.